The molecule has 0 aliphatic carbocycles. The van der Waals surface area contributed by atoms with Gasteiger partial charge in [-0.05, 0) is 44.6 Å². The second-order valence-corrected chi connectivity index (χ2v) is 4.95. The lowest BCUT2D eigenvalue weighted by atomic mass is 10.1. The normalized spacial score (nSPS) is 10.5. The van der Waals surface area contributed by atoms with E-state index in [1.807, 2.05) is 12.1 Å². The van der Waals surface area contributed by atoms with Crippen LogP contribution in [-0.2, 0) is 0 Å². The lowest BCUT2D eigenvalue weighted by Crippen LogP contribution is -1.91. The number of nitro benzene ring substituents is 1. The monoisotopic (exact) mass is 377 g/mol. The molecule has 0 saturated carbocycles. The molecule has 15 heavy (non-hydrogen) atoms. The van der Waals surface area contributed by atoms with E-state index in [4.69, 9.17) is 0 Å². The third kappa shape index (κ3) is 1.85. The van der Waals surface area contributed by atoms with Gasteiger partial charge in [-0.15, -0.1) is 0 Å². The molecule has 3 nitrogen and oxygen atoms in total. The van der Waals surface area contributed by atoms with Crippen LogP contribution in [0, 0.1) is 13.7 Å². The number of rotatable bonds is 1. The van der Waals surface area contributed by atoms with Gasteiger partial charge < -0.3 is 0 Å². The molecule has 0 bridgehead atoms. The Kier molecular flexibility index (Phi) is 2.92. The zero-order valence-corrected chi connectivity index (χ0v) is 11.1. The average molecular weight is 378 g/mol. The number of fused-ring (bicyclic) bond motifs is 1. The van der Waals surface area contributed by atoms with Crippen LogP contribution in [0.3, 0.4) is 0 Å². The minimum atomic E-state index is -0.350. The summed E-state index contributed by atoms with van der Waals surface area (Å²) < 4.78 is 1.75. The Labute approximate surface area is 108 Å². The molecule has 0 aromatic heterocycles. The second-order valence-electron chi connectivity index (χ2n) is 2.99. The highest BCUT2D eigenvalue weighted by Crippen LogP contribution is 2.35. The molecule has 5 heteroatoms. The Morgan fingerprint density at radius 3 is 2.47 bits per heavy atom. The van der Waals surface area contributed by atoms with Gasteiger partial charge in [0.05, 0.1) is 10.3 Å². The van der Waals surface area contributed by atoms with Crippen LogP contribution in [0.1, 0.15) is 0 Å². The van der Waals surface area contributed by atoms with Crippen molar-refractivity contribution in [2.75, 3.05) is 0 Å². The van der Waals surface area contributed by atoms with Gasteiger partial charge in [0.2, 0.25) is 0 Å². The van der Waals surface area contributed by atoms with Gasteiger partial charge in [0.15, 0.2) is 0 Å². The molecule has 0 unspecified atom stereocenters. The van der Waals surface area contributed by atoms with Gasteiger partial charge in [0, 0.05) is 19.5 Å². The van der Waals surface area contributed by atoms with E-state index in [2.05, 4.69) is 38.5 Å². The van der Waals surface area contributed by atoms with E-state index in [-0.39, 0.29) is 10.6 Å². The van der Waals surface area contributed by atoms with Crippen molar-refractivity contribution in [2.45, 2.75) is 0 Å². The Morgan fingerprint density at radius 2 is 1.87 bits per heavy atom. The summed E-state index contributed by atoms with van der Waals surface area (Å²) in [5.41, 5.74) is 0.151. The van der Waals surface area contributed by atoms with Crippen molar-refractivity contribution >= 4 is 55.0 Å². The average Bonchev–Trinajstić information content (AvgIpc) is 2.23. The fourth-order valence-electron chi connectivity index (χ4n) is 1.44. The largest absolute Gasteiger partial charge is 0.278 e. The van der Waals surface area contributed by atoms with Crippen LogP contribution in [0.5, 0.6) is 0 Å². The maximum atomic E-state index is 10.9. The molecule has 2 rings (SSSR count). The van der Waals surface area contributed by atoms with Crippen molar-refractivity contribution in [3.05, 3.63) is 48.5 Å². The molecule has 2 aromatic carbocycles. The molecular weight excluding hydrogens is 373 g/mol. The highest BCUT2D eigenvalue weighted by molar-refractivity contribution is 14.1. The molecule has 0 aliphatic heterocycles. The van der Waals surface area contributed by atoms with Crippen LogP contribution in [0.4, 0.5) is 5.69 Å². The van der Waals surface area contributed by atoms with Gasteiger partial charge in [0.1, 0.15) is 0 Å². The quantitative estimate of drug-likeness (QED) is 0.426. The first-order chi connectivity index (χ1) is 7.11. The van der Waals surface area contributed by atoms with Crippen molar-refractivity contribution in [2.24, 2.45) is 0 Å². The Bertz CT molecular complexity index is 556. The van der Waals surface area contributed by atoms with Gasteiger partial charge >= 0.3 is 0 Å². The Balaban J connectivity index is 2.94. The molecule has 2 aromatic rings. The van der Waals surface area contributed by atoms with E-state index in [1.54, 1.807) is 18.2 Å². The highest BCUT2D eigenvalue weighted by Gasteiger charge is 2.15. The van der Waals surface area contributed by atoms with Crippen LogP contribution in [-0.4, -0.2) is 4.92 Å². The number of non-ortho nitro benzene ring substituents is 1. The molecule has 0 heterocycles. The first-order valence-electron chi connectivity index (χ1n) is 4.12. The number of benzene rings is 2. The highest BCUT2D eigenvalue weighted by atomic mass is 127. The smallest absolute Gasteiger partial charge is 0.258 e. The molecule has 76 valence electrons. The molecule has 0 radical (unpaired) electrons. The van der Waals surface area contributed by atoms with Crippen molar-refractivity contribution in [1.29, 1.82) is 0 Å². The maximum Gasteiger partial charge on any atom is 0.278 e. The first-order valence-corrected chi connectivity index (χ1v) is 5.99. The predicted octanol–water partition coefficient (Wildman–Crippen LogP) is 4.12. The van der Waals surface area contributed by atoms with E-state index in [1.165, 1.54) is 0 Å². The van der Waals surface area contributed by atoms with E-state index in [9.17, 15) is 10.1 Å². The van der Waals surface area contributed by atoms with Crippen LogP contribution >= 0.6 is 38.5 Å². The molecule has 0 aliphatic rings. The topological polar surface area (TPSA) is 43.1 Å². The van der Waals surface area contributed by atoms with Gasteiger partial charge in [-0.25, -0.2) is 0 Å². The Hall–Kier alpha value is -0.690. The van der Waals surface area contributed by atoms with Crippen LogP contribution in [0.25, 0.3) is 10.8 Å². The summed E-state index contributed by atoms with van der Waals surface area (Å²) in [4.78, 5) is 10.5. The molecule has 0 saturated heterocycles. The number of hydrogen-bond donors (Lipinski definition) is 0. The van der Waals surface area contributed by atoms with Crippen molar-refractivity contribution in [3.8, 4) is 0 Å². The molecule has 0 atom stereocenters. The summed E-state index contributed by atoms with van der Waals surface area (Å²) in [6.45, 7) is 0. The zero-order valence-electron chi connectivity index (χ0n) is 7.41. The first kappa shape index (κ1) is 10.8. The number of halogens is 2. The summed E-state index contributed by atoms with van der Waals surface area (Å²) in [6.07, 6.45) is 0. The minimum absolute atomic E-state index is 0.151. The van der Waals surface area contributed by atoms with E-state index >= 15 is 0 Å². The van der Waals surface area contributed by atoms with E-state index < -0.39 is 0 Å². The summed E-state index contributed by atoms with van der Waals surface area (Å²) >= 11 is 5.51. The fraction of sp³-hybridized carbons (Fsp3) is 0. The summed E-state index contributed by atoms with van der Waals surface area (Å²) in [5.74, 6) is 0. The van der Waals surface area contributed by atoms with Gasteiger partial charge in [0.25, 0.3) is 5.69 Å². The fourth-order valence-corrected chi connectivity index (χ4v) is 2.48. The van der Waals surface area contributed by atoms with Gasteiger partial charge in [-0.1, -0.05) is 18.2 Å². The molecule has 0 fully saturated rings. The predicted molar refractivity (Wildman–Crippen MR) is 71.0 cm³/mol. The van der Waals surface area contributed by atoms with Crippen molar-refractivity contribution in [1.82, 2.24) is 0 Å². The van der Waals surface area contributed by atoms with E-state index in [0.717, 1.165) is 13.4 Å². The maximum absolute atomic E-state index is 10.9. The molecule has 0 spiro atoms. The van der Waals surface area contributed by atoms with Crippen molar-refractivity contribution in [3.63, 3.8) is 0 Å². The van der Waals surface area contributed by atoms with Gasteiger partial charge in [-0.2, -0.15) is 0 Å². The number of hydrogen-bond acceptors (Lipinski definition) is 2. The molecular formula is C10H5BrINO2. The summed E-state index contributed by atoms with van der Waals surface area (Å²) in [5, 5.41) is 12.4. The van der Waals surface area contributed by atoms with Gasteiger partial charge in [-0.3, -0.25) is 10.1 Å². The lowest BCUT2D eigenvalue weighted by molar-refractivity contribution is -0.383. The van der Waals surface area contributed by atoms with Crippen LogP contribution in [0.2, 0.25) is 0 Å². The third-order valence-electron chi connectivity index (χ3n) is 2.11. The second kappa shape index (κ2) is 4.05. The Morgan fingerprint density at radius 1 is 1.27 bits per heavy atom. The number of nitrogens with zero attached hydrogens (tertiary/aromatic N) is 1. The van der Waals surface area contributed by atoms with Crippen LogP contribution in [0.15, 0.2) is 34.8 Å². The molecule has 0 N–H and O–H groups in total. The molecule has 0 amide bonds. The van der Waals surface area contributed by atoms with Crippen molar-refractivity contribution < 1.29 is 4.92 Å². The number of nitro groups is 1. The minimum Gasteiger partial charge on any atom is -0.258 e. The zero-order chi connectivity index (χ0) is 11.0. The van der Waals surface area contributed by atoms with E-state index in [0.29, 0.717) is 5.39 Å². The summed E-state index contributed by atoms with van der Waals surface area (Å²) in [6, 6.07) is 8.87. The summed E-state index contributed by atoms with van der Waals surface area (Å²) in [7, 11) is 0. The third-order valence-corrected chi connectivity index (χ3v) is 4.56. The lowest BCUT2D eigenvalue weighted by Gasteiger charge is -2.03. The standard InChI is InChI=1S/C10H5BrINO2/c11-10-7-4-2-1-3-6(7)9(13(14)15)5-8(10)12/h1-5H. The SMILES string of the molecule is O=[N+]([O-])c1cc(I)c(Br)c2ccccc12. The van der Waals surface area contributed by atoms with Crippen LogP contribution < -0.4 is 0 Å².